The minimum Gasteiger partial charge on any atom is -0.306 e. The van der Waals surface area contributed by atoms with E-state index in [-0.39, 0.29) is 11.3 Å². The van der Waals surface area contributed by atoms with Crippen LogP contribution in [0.25, 0.3) is 0 Å². The van der Waals surface area contributed by atoms with E-state index in [4.69, 9.17) is 0 Å². The van der Waals surface area contributed by atoms with Crippen molar-refractivity contribution in [2.45, 2.75) is 39.5 Å². The third-order valence-corrected chi connectivity index (χ3v) is 4.98. The van der Waals surface area contributed by atoms with E-state index in [0.29, 0.717) is 5.78 Å². The van der Waals surface area contributed by atoms with Crippen LogP contribution in [0.2, 0.25) is 0 Å². The van der Waals surface area contributed by atoms with Crippen molar-refractivity contribution in [2.75, 3.05) is 40.3 Å². The van der Waals surface area contributed by atoms with Gasteiger partial charge in [0.1, 0.15) is 5.78 Å². The number of Topliss-reactive ketones (excluding diaryl/α,β-unsaturated/α-hetero) is 1. The topological polar surface area (TPSA) is 23.6 Å². The van der Waals surface area contributed by atoms with Crippen molar-refractivity contribution in [3.8, 4) is 0 Å². The summed E-state index contributed by atoms with van der Waals surface area (Å²) in [7, 11) is 4.39. The third kappa shape index (κ3) is 3.79. The summed E-state index contributed by atoms with van der Waals surface area (Å²) in [6.07, 6.45) is 4.69. The second-order valence-corrected chi connectivity index (χ2v) is 7.48. The number of ketones is 1. The number of hydrogen-bond acceptors (Lipinski definition) is 3. The molecule has 0 radical (unpaired) electrons. The lowest BCUT2D eigenvalue weighted by Crippen LogP contribution is -2.41. The largest absolute Gasteiger partial charge is 0.306 e. The van der Waals surface area contributed by atoms with E-state index in [1.165, 1.54) is 25.9 Å². The zero-order valence-corrected chi connectivity index (χ0v) is 13.1. The number of carbonyl (C=O) groups is 1. The number of nitrogens with zero attached hydrogens (tertiary/aromatic N) is 2. The van der Waals surface area contributed by atoms with E-state index in [1.807, 2.05) is 0 Å². The molecule has 0 N–H and O–H groups in total. The maximum absolute atomic E-state index is 12.4. The van der Waals surface area contributed by atoms with Crippen molar-refractivity contribution in [2.24, 2.45) is 17.3 Å². The molecule has 19 heavy (non-hydrogen) atoms. The first kappa shape index (κ1) is 15.0. The van der Waals surface area contributed by atoms with Gasteiger partial charge in [0.2, 0.25) is 0 Å². The second kappa shape index (κ2) is 5.92. The summed E-state index contributed by atoms with van der Waals surface area (Å²) in [6.45, 7) is 8.79. The van der Waals surface area contributed by atoms with Crippen molar-refractivity contribution >= 4 is 5.78 Å². The minimum atomic E-state index is -0.0860. The standard InChI is InChI=1S/C16H30N2O/c1-16(2)8-5-6-14(15(16)19)12-18(4)11-13-7-9-17(3)10-13/h13-14H,5-12H2,1-4H3. The van der Waals surface area contributed by atoms with Crippen molar-refractivity contribution in [1.82, 2.24) is 9.80 Å². The van der Waals surface area contributed by atoms with Crippen LogP contribution in [-0.2, 0) is 4.79 Å². The van der Waals surface area contributed by atoms with Gasteiger partial charge in [-0.05, 0) is 45.8 Å². The lowest BCUT2D eigenvalue weighted by atomic mass is 9.71. The zero-order chi connectivity index (χ0) is 14.0. The Morgan fingerprint density at radius 3 is 2.68 bits per heavy atom. The summed E-state index contributed by atoms with van der Waals surface area (Å²) in [6, 6.07) is 0. The first-order valence-electron chi connectivity index (χ1n) is 7.80. The predicted molar refractivity (Wildman–Crippen MR) is 79.2 cm³/mol. The highest BCUT2D eigenvalue weighted by Crippen LogP contribution is 2.35. The molecule has 2 fully saturated rings. The van der Waals surface area contributed by atoms with E-state index in [9.17, 15) is 4.79 Å². The summed E-state index contributed by atoms with van der Waals surface area (Å²) in [5.74, 6) is 1.56. The van der Waals surface area contributed by atoms with Crippen LogP contribution in [0.5, 0.6) is 0 Å². The normalized spacial score (nSPS) is 32.2. The van der Waals surface area contributed by atoms with Crippen LogP contribution in [0.3, 0.4) is 0 Å². The molecule has 0 spiro atoms. The average Bonchev–Trinajstić information content (AvgIpc) is 2.70. The molecule has 0 aromatic carbocycles. The molecule has 0 aromatic heterocycles. The van der Waals surface area contributed by atoms with E-state index in [2.05, 4.69) is 37.7 Å². The Balaban J connectivity index is 1.81. The van der Waals surface area contributed by atoms with Gasteiger partial charge in [0.15, 0.2) is 0 Å². The molecule has 1 aliphatic heterocycles. The lowest BCUT2D eigenvalue weighted by Gasteiger charge is -2.35. The third-order valence-electron chi connectivity index (χ3n) is 4.98. The number of likely N-dealkylation sites (tertiary alicyclic amines) is 1. The molecule has 3 heteroatoms. The molecule has 110 valence electrons. The van der Waals surface area contributed by atoms with Gasteiger partial charge in [-0.15, -0.1) is 0 Å². The highest BCUT2D eigenvalue weighted by atomic mass is 16.1. The number of rotatable bonds is 4. The summed E-state index contributed by atoms with van der Waals surface area (Å²) in [4.78, 5) is 17.2. The van der Waals surface area contributed by atoms with Gasteiger partial charge in [0.25, 0.3) is 0 Å². The molecule has 2 aliphatic rings. The van der Waals surface area contributed by atoms with Crippen LogP contribution in [0.1, 0.15) is 39.5 Å². The molecule has 1 heterocycles. The van der Waals surface area contributed by atoms with Gasteiger partial charge in [0, 0.05) is 31.0 Å². The molecule has 3 nitrogen and oxygen atoms in total. The van der Waals surface area contributed by atoms with Crippen LogP contribution in [0.15, 0.2) is 0 Å². The summed E-state index contributed by atoms with van der Waals surface area (Å²) in [5.41, 5.74) is -0.0860. The maximum Gasteiger partial charge on any atom is 0.142 e. The monoisotopic (exact) mass is 266 g/mol. The van der Waals surface area contributed by atoms with E-state index < -0.39 is 0 Å². The van der Waals surface area contributed by atoms with E-state index in [1.54, 1.807) is 0 Å². The Bertz CT molecular complexity index is 327. The molecule has 2 atom stereocenters. The number of carbonyl (C=O) groups excluding carboxylic acids is 1. The van der Waals surface area contributed by atoms with E-state index >= 15 is 0 Å². The van der Waals surface area contributed by atoms with Crippen LogP contribution in [0.4, 0.5) is 0 Å². The molecular formula is C16H30N2O. The molecule has 1 aliphatic carbocycles. The molecule has 0 bridgehead atoms. The van der Waals surface area contributed by atoms with Gasteiger partial charge in [-0.3, -0.25) is 4.79 Å². The van der Waals surface area contributed by atoms with Crippen LogP contribution in [-0.4, -0.2) is 55.9 Å². The van der Waals surface area contributed by atoms with Gasteiger partial charge in [-0.2, -0.15) is 0 Å². The molecule has 2 unspecified atom stereocenters. The van der Waals surface area contributed by atoms with Crippen molar-refractivity contribution < 1.29 is 4.79 Å². The molecule has 1 saturated carbocycles. The lowest BCUT2D eigenvalue weighted by molar-refractivity contribution is -0.134. The molecular weight excluding hydrogens is 236 g/mol. The fourth-order valence-corrected chi connectivity index (χ4v) is 3.84. The van der Waals surface area contributed by atoms with Crippen molar-refractivity contribution in [1.29, 1.82) is 0 Å². The molecule has 1 saturated heterocycles. The van der Waals surface area contributed by atoms with Gasteiger partial charge in [0.05, 0.1) is 0 Å². The SMILES string of the molecule is CN1CCC(CN(C)CC2CCCC(C)(C)C2=O)C1. The Morgan fingerprint density at radius 2 is 2.05 bits per heavy atom. The summed E-state index contributed by atoms with van der Waals surface area (Å²) < 4.78 is 0. The molecule has 2 rings (SSSR count). The highest BCUT2D eigenvalue weighted by Gasteiger charge is 2.37. The smallest absolute Gasteiger partial charge is 0.142 e. The van der Waals surface area contributed by atoms with Gasteiger partial charge in [-0.1, -0.05) is 20.3 Å². The fourth-order valence-electron chi connectivity index (χ4n) is 3.84. The van der Waals surface area contributed by atoms with Crippen LogP contribution < -0.4 is 0 Å². The minimum absolute atomic E-state index is 0.0860. The van der Waals surface area contributed by atoms with E-state index in [0.717, 1.165) is 31.8 Å². The molecule has 0 amide bonds. The Kier molecular flexibility index (Phi) is 4.67. The quantitative estimate of drug-likeness (QED) is 0.780. The van der Waals surface area contributed by atoms with Gasteiger partial charge >= 0.3 is 0 Å². The average molecular weight is 266 g/mol. The Hall–Kier alpha value is -0.410. The van der Waals surface area contributed by atoms with Crippen molar-refractivity contribution in [3.05, 3.63) is 0 Å². The number of hydrogen-bond donors (Lipinski definition) is 0. The first-order valence-corrected chi connectivity index (χ1v) is 7.80. The van der Waals surface area contributed by atoms with Gasteiger partial charge in [-0.25, -0.2) is 0 Å². The Morgan fingerprint density at radius 1 is 1.32 bits per heavy atom. The zero-order valence-electron chi connectivity index (χ0n) is 13.1. The van der Waals surface area contributed by atoms with Crippen LogP contribution in [0, 0.1) is 17.3 Å². The summed E-state index contributed by atoms with van der Waals surface area (Å²) >= 11 is 0. The molecule has 0 aromatic rings. The second-order valence-electron chi connectivity index (χ2n) is 7.48. The fraction of sp³-hybridized carbons (Fsp3) is 0.938. The Labute approximate surface area is 118 Å². The highest BCUT2D eigenvalue weighted by molar-refractivity contribution is 5.87. The predicted octanol–water partition coefficient (Wildman–Crippen LogP) is 2.27. The first-order chi connectivity index (χ1) is 8.88. The van der Waals surface area contributed by atoms with Gasteiger partial charge < -0.3 is 9.80 Å². The van der Waals surface area contributed by atoms with Crippen LogP contribution >= 0.6 is 0 Å². The summed E-state index contributed by atoms with van der Waals surface area (Å²) in [5, 5.41) is 0. The maximum atomic E-state index is 12.4. The van der Waals surface area contributed by atoms with Crippen molar-refractivity contribution in [3.63, 3.8) is 0 Å².